The molecule has 1 saturated heterocycles. The monoisotopic (exact) mass is 326 g/mol. The number of nitrogens with zero attached hydrogens (tertiary/aromatic N) is 2. The fourth-order valence-electron chi connectivity index (χ4n) is 5.30. The van der Waals surface area contributed by atoms with Gasteiger partial charge >= 0.3 is 0 Å². The van der Waals surface area contributed by atoms with Crippen LogP contribution in [0.15, 0.2) is 24.3 Å². The molecule has 2 fully saturated rings. The molecule has 1 aliphatic carbocycles. The Morgan fingerprint density at radius 1 is 1.08 bits per heavy atom. The molecule has 1 saturated carbocycles. The van der Waals surface area contributed by atoms with Gasteiger partial charge in [0.15, 0.2) is 0 Å². The number of amides is 1. The lowest BCUT2D eigenvalue weighted by atomic mass is 9.68. The quantitative estimate of drug-likeness (QED) is 0.785. The van der Waals surface area contributed by atoms with E-state index in [1.54, 1.807) is 6.92 Å². The first-order chi connectivity index (χ1) is 11.7. The molecule has 0 radical (unpaired) electrons. The summed E-state index contributed by atoms with van der Waals surface area (Å²) in [5, 5.41) is 0. The van der Waals surface area contributed by atoms with Crippen molar-refractivity contribution in [2.75, 3.05) is 19.6 Å². The zero-order chi connectivity index (χ0) is 16.6. The van der Waals surface area contributed by atoms with Crippen molar-refractivity contribution >= 4 is 5.91 Å². The molecule has 3 aliphatic rings. The molecule has 0 bridgehead atoms. The van der Waals surface area contributed by atoms with Crippen LogP contribution in [0.1, 0.15) is 63.0 Å². The molecule has 1 amide bonds. The topological polar surface area (TPSA) is 23.6 Å². The lowest BCUT2D eigenvalue weighted by molar-refractivity contribution is -0.131. The van der Waals surface area contributed by atoms with E-state index >= 15 is 0 Å². The second-order valence-electron chi connectivity index (χ2n) is 8.14. The summed E-state index contributed by atoms with van der Waals surface area (Å²) >= 11 is 0. The minimum atomic E-state index is 0.186. The predicted octanol–water partition coefficient (Wildman–Crippen LogP) is 3.72. The molecule has 0 atom stereocenters. The number of benzene rings is 1. The van der Waals surface area contributed by atoms with Gasteiger partial charge in [-0.05, 0) is 49.9 Å². The highest BCUT2D eigenvalue weighted by molar-refractivity contribution is 5.74. The normalized spacial score (nSPS) is 24.8. The van der Waals surface area contributed by atoms with Crippen molar-refractivity contribution in [1.82, 2.24) is 9.80 Å². The van der Waals surface area contributed by atoms with E-state index in [9.17, 15) is 4.79 Å². The van der Waals surface area contributed by atoms with Gasteiger partial charge in [0.2, 0.25) is 5.91 Å². The lowest BCUT2D eigenvalue weighted by Gasteiger charge is -2.50. The van der Waals surface area contributed by atoms with Crippen molar-refractivity contribution in [2.45, 2.75) is 69.9 Å². The van der Waals surface area contributed by atoms with E-state index in [4.69, 9.17) is 0 Å². The Labute approximate surface area is 146 Å². The van der Waals surface area contributed by atoms with Gasteiger partial charge in [0.1, 0.15) is 0 Å². The van der Waals surface area contributed by atoms with Gasteiger partial charge in [-0.3, -0.25) is 4.79 Å². The Morgan fingerprint density at radius 3 is 2.50 bits per heavy atom. The number of likely N-dealkylation sites (tertiary alicyclic amines) is 1. The minimum Gasteiger partial charge on any atom is -0.338 e. The first-order valence-corrected chi connectivity index (χ1v) is 9.76. The minimum absolute atomic E-state index is 0.186. The van der Waals surface area contributed by atoms with Crippen LogP contribution in [0.5, 0.6) is 0 Å². The molecular formula is C21H30N2O. The smallest absolute Gasteiger partial charge is 0.219 e. The maximum absolute atomic E-state index is 12.1. The fourth-order valence-corrected chi connectivity index (χ4v) is 5.30. The Bertz CT molecular complexity index is 598. The first kappa shape index (κ1) is 16.1. The van der Waals surface area contributed by atoms with Gasteiger partial charge in [-0.2, -0.15) is 0 Å². The van der Waals surface area contributed by atoms with Crippen LogP contribution in [0.3, 0.4) is 0 Å². The van der Waals surface area contributed by atoms with Gasteiger partial charge in [-0.1, -0.05) is 43.5 Å². The number of fused-ring (bicyclic) bond motifs is 2. The second-order valence-corrected chi connectivity index (χ2v) is 8.14. The third kappa shape index (κ3) is 2.88. The molecule has 130 valence electrons. The third-order valence-corrected chi connectivity index (χ3v) is 6.74. The second kappa shape index (κ2) is 6.51. The van der Waals surface area contributed by atoms with Gasteiger partial charge in [-0.25, -0.2) is 0 Å². The zero-order valence-corrected chi connectivity index (χ0v) is 15.0. The van der Waals surface area contributed by atoms with E-state index in [-0.39, 0.29) is 11.3 Å². The summed E-state index contributed by atoms with van der Waals surface area (Å²) in [6, 6.07) is 9.66. The van der Waals surface area contributed by atoms with E-state index in [1.165, 1.54) is 69.2 Å². The van der Waals surface area contributed by atoms with Crippen LogP contribution in [0.25, 0.3) is 0 Å². The molecule has 2 aliphatic heterocycles. The molecule has 3 heteroatoms. The average molecular weight is 326 g/mol. The van der Waals surface area contributed by atoms with Crippen LogP contribution < -0.4 is 0 Å². The molecule has 4 rings (SSSR count). The standard InChI is InChI=1S/C21H30N2O/c1-17(24)23-15-18-7-5-6-10-20(18)21(16-23)11-13-22(14-12-21)19-8-3-2-4-9-19/h5-7,10,19H,2-4,8-9,11-16H2,1H3. The Balaban J connectivity index is 1.55. The maximum atomic E-state index is 12.1. The Morgan fingerprint density at radius 2 is 1.79 bits per heavy atom. The van der Waals surface area contributed by atoms with Crippen LogP contribution in [-0.2, 0) is 16.8 Å². The molecule has 0 unspecified atom stereocenters. The number of carbonyl (C=O) groups excluding carboxylic acids is 1. The molecule has 1 aromatic rings. The largest absolute Gasteiger partial charge is 0.338 e. The summed E-state index contributed by atoms with van der Waals surface area (Å²) in [5.41, 5.74) is 3.07. The molecule has 3 nitrogen and oxygen atoms in total. The number of carbonyl (C=O) groups is 1. The van der Waals surface area contributed by atoms with Gasteiger partial charge in [0.25, 0.3) is 0 Å². The zero-order valence-electron chi connectivity index (χ0n) is 15.0. The number of piperidine rings is 1. The van der Waals surface area contributed by atoms with E-state index in [0.29, 0.717) is 0 Å². The fraction of sp³-hybridized carbons (Fsp3) is 0.667. The van der Waals surface area contributed by atoms with Crippen LogP contribution in [-0.4, -0.2) is 41.4 Å². The summed E-state index contributed by atoms with van der Waals surface area (Å²) in [4.78, 5) is 16.9. The van der Waals surface area contributed by atoms with Crippen LogP contribution in [0.2, 0.25) is 0 Å². The predicted molar refractivity (Wildman–Crippen MR) is 96.9 cm³/mol. The maximum Gasteiger partial charge on any atom is 0.219 e. The Hall–Kier alpha value is -1.35. The van der Waals surface area contributed by atoms with E-state index in [0.717, 1.165) is 19.1 Å². The van der Waals surface area contributed by atoms with E-state index in [2.05, 4.69) is 34.1 Å². The molecule has 1 spiro atoms. The van der Waals surface area contributed by atoms with Crippen LogP contribution in [0, 0.1) is 0 Å². The molecule has 0 N–H and O–H groups in total. The summed E-state index contributed by atoms with van der Waals surface area (Å²) < 4.78 is 0. The van der Waals surface area contributed by atoms with Gasteiger partial charge in [0, 0.05) is 31.5 Å². The summed E-state index contributed by atoms with van der Waals surface area (Å²) in [7, 11) is 0. The van der Waals surface area contributed by atoms with Crippen molar-refractivity contribution in [3.05, 3.63) is 35.4 Å². The highest BCUT2D eigenvalue weighted by atomic mass is 16.2. The average Bonchev–Trinajstić information content (AvgIpc) is 2.63. The van der Waals surface area contributed by atoms with Crippen molar-refractivity contribution < 1.29 is 4.79 Å². The number of hydrogen-bond acceptors (Lipinski definition) is 2. The molecule has 24 heavy (non-hydrogen) atoms. The summed E-state index contributed by atoms with van der Waals surface area (Å²) in [5.74, 6) is 0.221. The molecule has 0 aromatic heterocycles. The van der Waals surface area contributed by atoms with Crippen molar-refractivity contribution in [2.24, 2.45) is 0 Å². The first-order valence-electron chi connectivity index (χ1n) is 9.76. The highest BCUT2D eigenvalue weighted by Crippen LogP contribution is 2.42. The van der Waals surface area contributed by atoms with Crippen LogP contribution in [0.4, 0.5) is 0 Å². The van der Waals surface area contributed by atoms with Gasteiger partial charge < -0.3 is 9.80 Å². The number of hydrogen-bond donors (Lipinski definition) is 0. The third-order valence-electron chi connectivity index (χ3n) is 6.74. The molecule has 1 aromatic carbocycles. The number of rotatable bonds is 1. The van der Waals surface area contributed by atoms with Crippen LogP contribution >= 0.6 is 0 Å². The summed E-state index contributed by atoms with van der Waals surface area (Å²) in [6.45, 7) is 5.83. The van der Waals surface area contributed by atoms with Crippen molar-refractivity contribution in [3.8, 4) is 0 Å². The van der Waals surface area contributed by atoms with E-state index < -0.39 is 0 Å². The van der Waals surface area contributed by atoms with Crippen molar-refractivity contribution in [3.63, 3.8) is 0 Å². The van der Waals surface area contributed by atoms with Gasteiger partial charge in [0.05, 0.1) is 0 Å². The lowest BCUT2D eigenvalue weighted by Crippen LogP contribution is -2.54. The molecule has 2 heterocycles. The summed E-state index contributed by atoms with van der Waals surface area (Å²) in [6.07, 6.45) is 9.43. The van der Waals surface area contributed by atoms with E-state index in [1.807, 2.05) is 0 Å². The Kier molecular flexibility index (Phi) is 4.38. The molecular weight excluding hydrogens is 296 g/mol. The highest BCUT2D eigenvalue weighted by Gasteiger charge is 2.43. The SMILES string of the molecule is CC(=O)N1Cc2ccccc2C2(CCN(C3CCCCC3)CC2)C1. The van der Waals surface area contributed by atoms with Gasteiger partial charge in [-0.15, -0.1) is 0 Å². The van der Waals surface area contributed by atoms with Crippen molar-refractivity contribution in [1.29, 1.82) is 0 Å².